The molecule has 1 atom stereocenters. The van der Waals surface area contributed by atoms with E-state index in [2.05, 4.69) is 15.3 Å². The van der Waals surface area contributed by atoms with Gasteiger partial charge in [-0.05, 0) is 36.6 Å². The number of hydrogen-bond acceptors (Lipinski definition) is 4. The molecule has 5 heteroatoms. The van der Waals surface area contributed by atoms with Gasteiger partial charge >= 0.3 is 0 Å². The Labute approximate surface area is 153 Å². The topological polar surface area (TPSA) is 75.1 Å². The Kier molecular flexibility index (Phi) is 5.58. The third-order valence-electron chi connectivity index (χ3n) is 4.18. The lowest BCUT2D eigenvalue weighted by atomic mass is 10.0. The standard InChI is InChI=1S/C21H23N3O2/c1-14(2)11-16(25)13-23-21(26)18-12-20(15-7-9-22-10-8-15)24-19-6-4-3-5-17(18)19/h3-10,12,14,16,25H,11,13H2,1-2H3,(H,23,26). The van der Waals surface area contributed by atoms with E-state index in [0.717, 1.165) is 22.2 Å². The molecule has 0 spiro atoms. The Morgan fingerprint density at radius 2 is 1.88 bits per heavy atom. The summed E-state index contributed by atoms with van der Waals surface area (Å²) in [5.41, 5.74) is 2.94. The number of amides is 1. The van der Waals surface area contributed by atoms with E-state index in [1.54, 1.807) is 18.5 Å². The van der Waals surface area contributed by atoms with Crippen LogP contribution in [0.1, 0.15) is 30.6 Å². The van der Waals surface area contributed by atoms with Gasteiger partial charge in [0.25, 0.3) is 5.91 Å². The van der Waals surface area contributed by atoms with Gasteiger partial charge in [0, 0.05) is 29.9 Å². The number of benzene rings is 1. The number of rotatable bonds is 6. The zero-order valence-electron chi connectivity index (χ0n) is 15.0. The molecule has 1 aromatic carbocycles. The Hall–Kier alpha value is -2.79. The molecule has 0 aliphatic rings. The van der Waals surface area contributed by atoms with Crippen LogP contribution in [0.25, 0.3) is 22.2 Å². The summed E-state index contributed by atoms with van der Waals surface area (Å²) in [6.07, 6.45) is 3.51. The van der Waals surface area contributed by atoms with E-state index in [-0.39, 0.29) is 12.5 Å². The minimum absolute atomic E-state index is 0.207. The number of carbonyl (C=O) groups excluding carboxylic acids is 1. The fraction of sp³-hybridized carbons (Fsp3) is 0.286. The van der Waals surface area contributed by atoms with Gasteiger partial charge in [0.05, 0.1) is 22.9 Å². The first-order valence-corrected chi connectivity index (χ1v) is 8.81. The summed E-state index contributed by atoms with van der Waals surface area (Å²) in [4.78, 5) is 21.5. The average molecular weight is 349 g/mol. The Morgan fingerprint density at radius 1 is 1.15 bits per heavy atom. The molecule has 3 aromatic rings. The molecule has 1 unspecified atom stereocenters. The molecule has 2 N–H and O–H groups in total. The van der Waals surface area contributed by atoms with Crippen molar-refractivity contribution in [1.29, 1.82) is 0 Å². The molecule has 0 radical (unpaired) electrons. The number of carbonyl (C=O) groups is 1. The third kappa shape index (κ3) is 4.24. The molecule has 3 rings (SSSR count). The van der Waals surface area contributed by atoms with Crippen LogP contribution in [0.3, 0.4) is 0 Å². The maximum atomic E-state index is 12.8. The van der Waals surface area contributed by atoms with Gasteiger partial charge in [-0.2, -0.15) is 0 Å². The van der Waals surface area contributed by atoms with E-state index < -0.39 is 6.10 Å². The van der Waals surface area contributed by atoms with Crippen molar-refractivity contribution in [1.82, 2.24) is 15.3 Å². The van der Waals surface area contributed by atoms with E-state index in [1.165, 1.54) is 0 Å². The summed E-state index contributed by atoms with van der Waals surface area (Å²) in [7, 11) is 0. The number of aromatic nitrogens is 2. The van der Waals surface area contributed by atoms with Crippen molar-refractivity contribution in [2.75, 3.05) is 6.54 Å². The number of aliphatic hydroxyl groups is 1. The van der Waals surface area contributed by atoms with Crippen molar-refractivity contribution in [2.24, 2.45) is 5.92 Å². The maximum Gasteiger partial charge on any atom is 0.252 e. The molecule has 0 bridgehead atoms. The second-order valence-corrected chi connectivity index (χ2v) is 6.80. The van der Waals surface area contributed by atoms with Crippen LogP contribution < -0.4 is 5.32 Å². The number of nitrogens with zero attached hydrogens (tertiary/aromatic N) is 2. The van der Waals surface area contributed by atoms with Crippen LogP contribution in [-0.2, 0) is 0 Å². The van der Waals surface area contributed by atoms with E-state index in [4.69, 9.17) is 0 Å². The van der Waals surface area contributed by atoms with Crippen LogP contribution in [0.4, 0.5) is 0 Å². The molecule has 2 aromatic heterocycles. The van der Waals surface area contributed by atoms with E-state index in [1.807, 2.05) is 50.2 Å². The van der Waals surface area contributed by atoms with Crippen molar-refractivity contribution in [3.63, 3.8) is 0 Å². The maximum absolute atomic E-state index is 12.8. The van der Waals surface area contributed by atoms with Crippen LogP contribution in [0, 0.1) is 5.92 Å². The second kappa shape index (κ2) is 8.06. The molecule has 26 heavy (non-hydrogen) atoms. The number of para-hydroxylation sites is 1. The fourth-order valence-electron chi connectivity index (χ4n) is 2.97. The predicted molar refractivity (Wildman–Crippen MR) is 103 cm³/mol. The quantitative estimate of drug-likeness (QED) is 0.715. The van der Waals surface area contributed by atoms with Gasteiger partial charge in [-0.15, -0.1) is 0 Å². The van der Waals surface area contributed by atoms with Gasteiger partial charge in [0.15, 0.2) is 0 Å². The molecule has 0 saturated carbocycles. The first kappa shape index (κ1) is 18.0. The SMILES string of the molecule is CC(C)CC(O)CNC(=O)c1cc(-c2ccncc2)nc2ccccc12. The average Bonchev–Trinajstić information content (AvgIpc) is 2.65. The minimum Gasteiger partial charge on any atom is -0.391 e. The summed E-state index contributed by atoms with van der Waals surface area (Å²) >= 11 is 0. The number of nitrogens with one attached hydrogen (secondary N) is 1. The summed E-state index contributed by atoms with van der Waals surface area (Å²) in [5.74, 6) is 0.170. The first-order chi connectivity index (χ1) is 12.5. The summed E-state index contributed by atoms with van der Waals surface area (Å²) in [6, 6.07) is 13.1. The monoisotopic (exact) mass is 349 g/mol. The number of hydrogen-bond donors (Lipinski definition) is 2. The smallest absolute Gasteiger partial charge is 0.252 e. The van der Waals surface area contributed by atoms with Crippen LogP contribution in [0.2, 0.25) is 0 Å². The number of aliphatic hydroxyl groups excluding tert-OH is 1. The Morgan fingerprint density at radius 3 is 2.62 bits per heavy atom. The fourth-order valence-corrected chi connectivity index (χ4v) is 2.97. The largest absolute Gasteiger partial charge is 0.391 e. The van der Waals surface area contributed by atoms with Gasteiger partial charge in [-0.1, -0.05) is 32.0 Å². The summed E-state index contributed by atoms with van der Waals surface area (Å²) in [5, 5.41) is 13.7. The molecule has 134 valence electrons. The number of fused-ring (bicyclic) bond motifs is 1. The number of pyridine rings is 2. The highest BCUT2D eigenvalue weighted by Crippen LogP contribution is 2.24. The zero-order chi connectivity index (χ0) is 18.5. The first-order valence-electron chi connectivity index (χ1n) is 8.81. The van der Waals surface area contributed by atoms with E-state index in [9.17, 15) is 9.90 Å². The van der Waals surface area contributed by atoms with Gasteiger partial charge in [-0.3, -0.25) is 9.78 Å². The molecule has 0 saturated heterocycles. The lowest BCUT2D eigenvalue weighted by Crippen LogP contribution is -2.33. The summed E-state index contributed by atoms with van der Waals surface area (Å²) in [6.45, 7) is 4.32. The van der Waals surface area contributed by atoms with Crippen LogP contribution >= 0.6 is 0 Å². The van der Waals surface area contributed by atoms with Crippen molar-refractivity contribution in [3.05, 3.63) is 60.4 Å². The molecular weight excluding hydrogens is 326 g/mol. The highest BCUT2D eigenvalue weighted by Gasteiger charge is 2.15. The molecule has 2 heterocycles. The van der Waals surface area contributed by atoms with Gasteiger partial charge in [-0.25, -0.2) is 4.98 Å². The highest BCUT2D eigenvalue weighted by atomic mass is 16.3. The van der Waals surface area contributed by atoms with Crippen molar-refractivity contribution in [2.45, 2.75) is 26.4 Å². The van der Waals surface area contributed by atoms with Gasteiger partial charge in [0.1, 0.15) is 0 Å². The highest BCUT2D eigenvalue weighted by molar-refractivity contribution is 6.07. The van der Waals surface area contributed by atoms with Crippen LogP contribution in [-0.4, -0.2) is 33.6 Å². The second-order valence-electron chi connectivity index (χ2n) is 6.80. The Bertz CT molecular complexity index is 894. The zero-order valence-corrected chi connectivity index (χ0v) is 15.0. The van der Waals surface area contributed by atoms with E-state index >= 15 is 0 Å². The lowest BCUT2D eigenvalue weighted by Gasteiger charge is -2.15. The molecule has 5 nitrogen and oxygen atoms in total. The molecule has 0 aliphatic heterocycles. The molecule has 1 amide bonds. The van der Waals surface area contributed by atoms with Gasteiger partial charge in [0.2, 0.25) is 0 Å². The van der Waals surface area contributed by atoms with Crippen molar-refractivity contribution in [3.8, 4) is 11.3 Å². The van der Waals surface area contributed by atoms with Gasteiger partial charge < -0.3 is 10.4 Å². The third-order valence-corrected chi connectivity index (χ3v) is 4.18. The molecular formula is C21H23N3O2. The summed E-state index contributed by atoms with van der Waals surface area (Å²) < 4.78 is 0. The van der Waals surface area contributed by atoms with E-state index in [0.29, 0.717) is 17.9 Å². The predicted octanol–water partition coefficient (Wildman–Crippen LogP) is 3.43. The van der Waals surface area contributed by atoms with Crippen molar-refractivity contribution >= 4 is 16.8 Å². The van der Waals surface area contributed by atoms with Crippen LogP contribution in [0.5, 0.6) is 0 Å². The molecule has 0 fully saturated rings. The van der Waals surface area contributed by atoms with Crippen LogP contribution in [0.15, 0.2) is 54.9 Å². The van der Waals surface area contributed by atoms with Crippen molar-refractivity contribution < 1.29 is 9.90 Å². The minimum atomic E-state index is -0.549. The lowest BCUT2D eigenvalue weighted by molar-refractivity contribution is 0.0902. The molecule has 0 aliphatic carbocycles. The normalized spacial score (nSPS) is 12.3. The Balaban J connectivity index is 1.92.